The minimum absolute atomic E-state index is 0.163. The van der Waals surface area contributed by atoms with Gasteiger partial charge in [-0.2, -0.15) is 0 Å². The van der Waals surface area contributed by atoms with Gasteiger partial charge in [0.25, 0.3) is 0 Å². The summed E-state index contributed by atoms with van der Waals surface area (Å²) in [5.41, 5.74) is 2.41. The third kappa shape index (κ3) is 4.45. The summed E-state index contributed by atoms with van der Waals surface area (Å²) in [4.78, 5) is 10.8. The number of esters is 1. The quantitative estimate of drug-likeness (QED) is 0.705. The first-order valence-corrected chi connectivity index (χ1v) is 5.02. The monoisotopic (exact) mass is 204 g/mol. The molecule has 0 saturated heterocycles. The highest BCUT2D eigenvalue weighted by molar-refractivity contribution is 5.69. The molecule has 0 aromatic heterocycles. The van der Waals surface area contributed by atoms with Crippen LogP contribution in [-0.2, 0) is 9.53 Å². The van der Waals surface area contributed by atoms with Crippen LogP contribution in [-0.4, -0.2) is 13.1 Å². The van der Waals surface area contributed by atoms with Crippen molar-refractivity contribution in [3.63, 3.8) is 0 Å². The number of allylic oxidation sites excluding steroid dienone is 1. The Bertz CT molecular complexity index is 336. The van der Waals surface area contributed by atoms with E-state index in [0.717, 1.165) is 12.0 Å². The van der Waals surface area contributed by atoms with Gasteiger partial charge >= 0.3 is 5.97 Å². The van der Waals surface area contributed by atoms with Crippen molar-refractivity contribution < 1.29 is 9.53 Å². The van der Waals surface area contributed by atoms with Crippen LogP contribution >= 0.6 is 0 Å². The fourth-order valence-corrected chi connectivity index (χ4v) is 1.20. The van der Waals surface area contributed by atoms with E-state index in [-0.39, 0.29) is 5.97 Å². The average molecular weight is 204 g/mol. The van der Waals surface area contributed by atoms with E-state index in [1.54, 1.807) is 0 Å². The van der Waals surface area contributed by atoms with Crippen molar-refractivity contribution in [1.82, 2.24) is 0 Å². The van der Waals surface area contributed by atoms with Crippen molar-refractivity contribution >= 4 is 12.0 Å². The predicted molar refractivity (Wildman–Crippen MR) is 61.5 cm³/mol. The lowest BCUT2D eigenvalue weighted by Gasteiger charge is -1.95. The van der Waals surface area contributed by atoms with Crippen LogP contribution in [0.15, 0.2) is 30.3 Å². The van der Waals surface area contributed by atoms with Crippen LogP contribution in [0.25, 0.3) is 6.08 Å². The van der Waals surface area contributed by atoms with Crippen LogP contribution in [0.5, 0.6) is 0 Å². The molecule has 80 valence electrons. The third-order valence-electron chi connectivity index (χ3n) is 2.13. The highest BCUT2D eigenvalue weighted by atomic mass is 16.5. The molecule has 2 nitrogen and oxygen atoms in total. The lowest BCUT2D eigenvalue weighted by Crippen LogP contribution is -1.97. The first kappa shape index (κ1) is 11.5. The summed E-state index contributed by atoms with van der Waals surface area (Å²) in [5.74, 6) is -0.163. The Morgan fingerprint density at radius 1 is 1.33 bits per heavy atom. The Hall–Kier alpha value is -1.57. The van der Waals surface area contributed by atoms with Gasteiger partial charge in [0.15, 0.2) is 0 Å². The zero-order valence-corrected chi connectivity index (χ0v) is 9.19. The highest BCUT2D eigenvalue weighted by Crippen LogP contribution is 2.06. The molecule has 0 radical (unpaired) electrons. The van der Waals surface area contributed by atoms with E-state index in [0.29, 0.717) is 6.42 Å². The number of carbonyl (C=O) groups excluding carboxylic acids is 1. The lowest BCUT2D eigenvalue weighted by molar-refractivity contribution is -0.140. The van der Waals surface area contributed by atoms with Crippen LogP contribution in [0.4, 0.5) is 0 Å². The van der Waals surface area contributed by atoms with E-state index in [1.165, 1.54) is 12.7 Å². The van der Waals surface area contributed by atoms with Crippen molar-refractivity contribution in [3.05, 3.63) is 41.5 Å². The standard InChI is InChI=1S/C13H16O2/c1-11-7-9-12(10-8-11)5-3-4-6-13(14)15-2/h3,5,7-10H,4,6H2,1-2H3. The largest absolute Gasteiger partial charge is 0.469 e. The summed E-state index contributed by atoms with van der Waals surface area (Å²) in [6, 6.07) is 8.26. The minimum atomic E-state index is -0.163. The van der Waals surface area contributed by atoms with Crippen molar-refractivity contribution in [2.75, 3.05) is 7.11 Å². The van der Waals surface area contributed by atoms with Crippen molar-refractivity contribution in [2.45, 2.75) is 19.8 Å². The molecule has 1 rings (SSSR count). The summed E-state index contributed by atoms with van der Waals surface area (Å²) >= 11 is 0. The zero-order valence-electron chi connectivity index (χ0n) is 9.19. The zero-order chi connectivity index (χ0) is 11.1. The van der Waals surface area contributed by atoms with Crippen LogP contribution in [0.1, 0.15) is 24.0 Å². The SMILES string of the molecule is COC(=O)CCC=Cc1ccc(C)cc1. The number of benzene rings is 1. The van der Waals surface area contributed by atoms with E-state index in [4.69, 9.17) is 0 Å². The molecule has 0 spiro atoms. The molecule has 0 atom stereocenters. The number of hydrogen-bond donors (Lipinski definition) is 0. The molecular formula is C13H16O2. The van der Waals surface area contributed by atoms with Crippen molar-refractivity contribution in [3.8, 4) is 0 Å². The summed E-state index contributed by atoms with van der Waals surface area (Å²) < 4.78 is 4.55. The third-order valence-corrected chi connectivity index (χ3v) is 2.13. The molecule has 0 N–H and O–H groups in total. The van der Waals surface area contributed by atoms with Crippen LogP contribution in [0, 0.1) is 6.92 Å². The van der Waals surface area contributed by atoms with Gasteiger partial charge in [-0.25, -0.2) is 0 Å². The molecule has 0 aliphatic carbocycles. The summed E-state index contributed by atoms with van der Waals surface area (Å²) in [7, 11) is 1.41. The van der Waals surface area contributed by atoms with E-state index < -0.39 is 0 Å². The highest BCUT2D eigenvalue weighted by Gasteiger charge is 1.95. The molecule has 0 saturated carbocycles. The Balaban J connectivity index is 2.38. The first-order valence-electron chi connectivity index (χ1n) is 5.02. The summed E-state index contributed by atoms with van der Waals surface area (Å²) in [6.07, 6.45) is 5.17. The van der Waals surface area contributed by atoms with E-state index >= 15 is 0 Å². The smallest absolute Gasteiger partial charge is 0.305 e. The van der Waals surface area contributed by atoms with Gasteiger partial charge < -0.3 is 4.74 Å². The average Bonchev–Trinajstić information content (AvgIpc) is 2.26. The number of rotatable bonds is 4. The Kier molecular flexibility index (Phi) is 4.61. The van der Waals surface area contributed by atoms with Crippen LogP contribution in [0.2, 0.25) is 0 Å². The Morgan fingerprint density at radius 2 is 2.00 bits per heavy atom. The number of ether oxygens (including phenoxy) is 1. The van der Waals surface area contributed by atoms with E-state index in [9.17, 15) is 4.79 Å². The van der Waals surface area contributed by atoms with E-state index in [1.807, 2.05) is 12.2 Å². The normalized spacial score (nSPS) is 10.5. The first-order chi connectivity index (χ1) is 7.22. The Labute approximate surface area is 90.6 Å². The maximum atomic E-state index is 10.8. The molecule has 0 amide bonds. The van der Waals surface area contributed by atoms with Crippen molar-refractivity contribution in [2.24, 2.45) is 0 Å². The maximum Gasteiger partial charge on any atom is 0.305 e. The molecular weight excluding hydrogens is 188 g/mol. The van der Waals surface area contributed by atoms with Crippen LogP contribution < -0.4 is 0 Å². The van der Waals surface area contributed by atoms with E-state index in [2.05, 4.69) is 35.9 Å². The van der Waals surface area contributed by atoms with Gasteiger partial charge in [0.05, 0.1) is 7.11 Å². The van der Waals surface area contributed by atoms with Crippen molar-refractivity contribution in [1.29, 1.82) is 0 Å². The molecule has 0 unspecified atom stereocenters. The fourth-order valence-electron chi connectivity index (χ4n) is 1.20. The molecule has 15 heavy (non-hydrogen) atoms. The number of methoxy groups -OCH3 is 1. The van der Waals surface area contributed by atoms with Gasteiger partial charge in [0.2, 0.25) is 0 Å². The second kappa shape index (κ2) is 6.02. The number of hydrogen-bond acceptors (Lipinski definition) is 2. The molecule has 0 aliphatic rings. The van der Waals surface area contributed by atoms with Gasteiger partial charge in [-0.3, -0.25) is 4.79 Å². The number of aryl methyl sites for hydroxylation is 1. The minimum Gasteiger partial charge on any atom is -0.469 e. The summed E-state index contributed by atoms with van der Waals surface area (Å²) in [6.45, 7) is 2.06. The van der Waals surface area contributed by atoms with Gasteiger partial charge in [-0.15, -0.1) is 0 Å². The fraction of sp³-hybridized carbons (Fsp3) is 0.308. The maximum absolute atomic E-state index is 10.8. The Morgan fingerprint density at radius 3 is 2.60 bits per heavy atom. The molecule has 0 bridgehead atoms. The van der Waals surface area contributed by atoms with Gasteiger partial charge in [-0.05, 0) is 18.9 Å². The second-order valence-electron chi connectivity index (χ2n) is 3.43. The molecule has 1 aromatic rings. The predicted octanol–water partition coefficient (Wildman–Crippen LogP) is 2.96. The molecule has 0 fully saturated rings. The molecule has 2 heteroatoms. The molecule has 1 aromatic carbocycles. The second-order valence-corrected chi connectivity index (χ2v) is 3.43. The lowest BCUT2D eigenvalue weighted by atomic mass is 10.1. The molecule has 0 aliphatic heterocycles. The number of carbonyl (C=O) groups is 1. The van der Waals surface area contributed by atoms with Gasteiger partial charge in [-0.1, -0.05) is 42.0 Å². The van der Waals surface area contributed by atoms with Crippen LogP contribution in [0.3, 0.4) is 0 Å². The summed E-state index contributed by atoms with van der Waals surface area (Å²) in [5, 5.41) is 0. The molecule has 0 heterocycles. The topological polar surface area (TPSA) is 26.3 Å². The van der Waals surface area contributed by atoms with Gasteiger partial charge in [0.1, 0.15) is 0 Å². The van der Waals surface area contributed by atoms with Gasteiger partial charge in [0, 0.05) is 6.42 Å².